The minimum Gasteiger partial charge on any atom is -0.390 e. The first-order valence-corrected chi connectivity index (χ1v) is 8.16. The fraction of sp³-hybridized carbons (Fsp3) is 0.211. The Hall–Kier alpha value is -3.00. The number of anilines is 1. The molecular weight excluding hydrogens is 361 g/mol. The van der Waals surface area contributed by atoms with Crippen LogP contribution in [0.2, 0.25) is 0 Å². The molecule has 0 aliphatic carbocycles. The predicted molar refractivity (Wildman–Crippen MR) is 91.4 cm³/mol. The van der Waals surface area contributed by atoms with Gasteiger partial charge in [-0.05, 0) is 29.8 Å². The van der Waals surface area contributed by atoms with E-state index in [1.54, 1.807) is 18.2 Å². The number of benzene rings is 2. The number of hydrogen-bond acceptors (Lipinski definition) is 3. The fourth-order valence-electron chi connectivity index (χ4n) is 2.95. The summed E-state index contributed by atoms with van der Waals surface area (Å²) in [5, 5.41) is 8.90. The number of carbonyl (C=O) groups is 2. The molecule has 2 amide bonds. The van der Waals surface area contributed by atoms with Crippen LogP contribution < -0.4 is 9.89 Å². The van der Waals surface area contributed by atoms with E-state index >= 15 is 0 Å². The molecule has 140 valence electrons. The summed E-state index contributed by atoms with van der Waals surface area (Å²) in [6, 6.07) is 10.5. The lowest BCUT2D eigenvalue weighted by Crippen LogP contribution is -2.71. The molecule has 1 aliphatic heterocycles. The Kier molecular flexibility index (Phi) is 5.09. The van der Waals surface area contributed by atoms with Crippen LogP contribution >= 0.6 is 0 Å². The molecule has 1 atom stereocenters. The number of aliphatic hydroxyl groups is 1. The van der Waals surface area contributed by atoms with Gasteiger partial charge in [-0.2, -0.15) is 13.2 Å². The maximum Gasteiger partial charge on any atom is 0.416 e. The predicted octanol–water partition coefficient (Wildman–Crippen LogP) is 1.12. The number of rotatable bonds is 4. The highest BCUT2D eigenvalue weighted by atomic mass is 19.4. The van der Waals surface area contributed by atoms with Crippen molar-refractivity contribution in [1.82, 2.24) is 0 Å². The summed E-state index contributed by atoms with van der Waals surface area (Å²) in [5.41, 5.74) is -0.393. The zero-order chi connectivity index (χ0) is 19.6. The van der Waals surface area contributed by atoms with Gasteiger partial charge in [-0.25, -0.2) is 9.89 Å². The van der Waals surface area contributed by atoms with Crippen molar-refractivity contribution in [3.8, 4) is 0 Å². The van der Waals surface area contributed by atoms with E-state index in [4.69, 9.17) is 5.11 Å². The van der Waals surface area contributed by atoms with Crippen molar-refractivity contribution in [3.05, 3.63) is 65.2 Å². The molecule has 3 rings (SSSR count). The molecule has 2 aromatic rings. The average Bonchev–Trinajstić information content (AvgIpc) is 2.64. The number of fused-ring (bicyclic) bond motifs is 1. The Labute approximate surface area is 152 Å². The van der Waals surface area contributed by atoms with Gasteiger partial charge in [-0.1, -0.05) is 24.3 Å². The Morgan fingerprint density at radius 1 is 1.11 bits per heavy atom. The minimum absolute atomic E-state index is 0.144. The van der Waals surface area contributed by atoms with Crippen molar-refractivity contribution >= 4 is 23.7 Å². The van der Waals surface area contributed by atoms with Gasteiger partial charge in [0.25, 0.3) is 11.8 Å². The largest absolute Gasteiger partial charge is 0.416 e. The average molecular weight is 377 g/mol. The Balaban J connectivity index is 2.09. The third kappa shape index (κ3) is 3.61. The topological polar surface area (TPSA) is 71.6 Å². The molecule has 2 aromatic carbocycles. The second kappa shape index (κ2) is 7.32. The van der Waals surface area contributed by atoms with Crippen LogP contribution in [0.25, 0.3) is 0 Å². The summed E-state index contributed by atoms with van der Waals surface area (Å²) in [6.07, 6.45) is -3.16. The SMILES string of the molecule is O=C1c2ccccc2C(C=[NH+]CCO)C(=O)N1c1cccc(C(F)(F)F)c1. The van der Waals surface area contributed by atoms with Gasteiger partial charge in [0.1, 0.15) is 12.5 Å². The monoisotopic (exact) mass is 377 g/mol. The number of hydrogen-bond donors (Lipinski definition) is 2. The fourth-order valence-corrected chi connectivity index (χ4v) is 2.95. The van der Waals surface area contributed by atoms with Gasteiger partial charge in [0.05, 0.1) is 11.3 Å². The molecule has 0 fully saturated rings. The highest BCUT2D eigenvalue weighted by molar-refractivity contribution is 6.29. The Bertz CT molecular complexity index is 909. The molecule has 0 bridgehead atoms. The zero-order valence-electron chi connectivity index (χ0n) is 14.0. The molecule has 0 radical (unpaired) electrons. The van der Waals surface area contributed by atoms with E-state index in [9.17, 15) is 22.8 Å². The molecular formula is C19H16F3N2O3+. The number of imide groups is 1. The normalized spacial score (nSPS) is 17.5. The van der Waals surface area contributed by atoms with Crippen molar-refractivity contribution in [2.75, 3.05) is 18.1 Å². The number of nitrogens with one attached hydrogen (secondary N) is 1. The Morgan fingerprint density at radius 3 is 2.56 bits per heavy atom. The summed E-state index contributed by atoms with van der Waals surface area (Å²) in [5.74, 6) is -2.22. The number of halogens is 3. The highest BCUT2D eigenvalue weighted by Crippen LogP contribution is 2.35. The van der Waals surface area contributed by atoms with E-state index in [-0.39, 0.29) is 24.4 Å². The summed E-state index contributed by atoms with van der Waals surface area (Å²) in [6.45, 7) is 0.0405. The molecule has 8 heteroatoms. The molecule has 0 spiro atoms. The number of alkyl halides is 3. The van der Waals surface area contributed by atoms with Crippen molar-refractivity contribution in [2.45, 2.75) is 12.1 Å². The molecule has 27 heavy (non-hydrogen) atoms. The van der Waals surface area contributed by atoms with Crippen molar-refractivity contribution in [3.63, 3.8) is 0 Å². The van der Waals surface area contributed by atoms with Crippen LogP contribution in [-0.2, 0) is 11.0 Å². The highest BCUT2D eigenvalue weighted by Gasteiger charge is 2.41. The molecule has 5 nitrogen and oxygen atoms in total. The van der Waals surface area contributed by atoms with Gasteiger partial charge in [0, 0.05) is 5.56 Å². The van der Waals surface area contributed by atoms with E-state index in [0.29, 0.717) is 5.56 Å². The summed E-state index contributed by atoms with van der Waals surface area (Å²) >= 11 is 0. The smallest absolute Gasteiger partial charge is 0.390 e. The third-order valence-corrected chi connectivity index (χ3v) is 4.19. The Morgan fingerprint density at radius 2 is 1.85 bits per heavy atom. The molecule has 1 unspecified atom stereocenters. The van der Waals surface area contributed by atoms with Gasteiger partial charge in [-0.15, -0.1) is 0 Å². The lowest BCUT2D eigenvalue weighted by molar-refractivity contribution is -0.456. The molecule has 1 aliphatic rings. The zero-order valence-corrected chi connectivity index (χ0v) is 14.0. The minimum atomic E-state index is -4.59. The van der Waals surface area contributed by atoms with E-state index in [0.717, 1.165) is 23.1 Å². The number of carbonyl (C=O) groups excluding carboxylic acids is 2. The van der Waals surface area contributed by atoms with Gasteiger partial charge in [0.15, 0.2) is 12.8 Å². The van der Waals surface area contributed by atoms with Crippen molar-refractivity contribution in [2.24, 2.45) is 0 Å². The molecule has 0 saturated carbocycles. The van der Waals surface area contributed by atoms with Crippen LogP contribution in [0.3, 0.4) is 0 Å². The lowest BCUT2D eigenvalue weighted by atomic mass is 9.88. The number of amides is 2. The maximum absolute atomic E-state index is 13.0. The summed E-state index contributed by atoms with van der Waals surface area (Å²) in [7, 11) is 0. The van der Waals surface area contributed by atoms with Crippen molar-refractivity contribution in [1.29, 1.82) is 0 Å². The molecule has 0 saturated heterocycles. The van der Waals surface area contributed by atoms with Crippen molar-refractivity contribution < 1.29 is 32.9 Å². The van der Waals surface area contributed by atoms with E-state index in [1.165, 1.54) is 18.3 Å². The first-order chi connectivity index (χ1) is 12.8. The molecule has 2 N–H and O–H groups in total. The maximum atomic E-state index is 13.0. The van der Waals surface area contributed by atoms with E-state index in [2.05, 4.69) is 4.99 Å². The van der Waals surface area contributed by atoms with Gasteiger partial charge >= 0.3 is 6.18 Å². The second-order valence-electron chi connectivity index (χ2n) is 5.94. The third-order valence-electron chi connectivity index (χ3n) is 4.19. The lowest BCUT2D eigenvalue weighted by Gasteiger charge is -2.30. The molecule has 0 aromatic heterocycles. The number of aliphatic hydroxyl groups excluding tert-OH is 1. The van der Waals surface area contributed by atoms with Crippen LogP contribution in [0.1, 0.15) is 27.4 Å². The summed E-state index contributed by atoms with van der Waals surface area (Å²) in [4.78, 5) is 29.3. The van der Waals surface area contributed by atoms with E-state index in [1.807, 2.05) is 0 Å². The molecule has 1 heterocycles. The van der Waals surface area contributed by atoms with Gasteiger partial charge in [-0.3, -0.25) is 9.59 Å². The van der Waals surface area contributed by atoms with Crippen LogP contribution in [0, 0.1) is 0 Å². The van der Waals surface area contributed by atoms with Crippen LogP contribution in [0.15, 0.2) is 48.5 Å². The number of nitrogens with zero attached hydrogens (tertiary/aromatic N) is 1. The van der Waals surface area contributed by atoms with Crippen LogP contribution in [-0.4, -0.2) is 36.3 Å². The quantitative estimate of drug-likeness (QED) is 0.620. The standard InChI is InChI=1S/C19H15F3N2O3/c20-19(21,22)12-4-3-5-13(10-12)24-17(26)15-7-2-1-6-14(15)16(18(24)27)11-23-8-9-25/h1-7,10-11,16,25H,8-9H2/p+1. The first kappa shape index (κ1) is 18.8. The first-order valence-electron chi connectivity index (χ1n) is 8.16. The van der Waals surface area contributed by atoms with E-state index < -0.39 is 29.5 Å². The summed E-state index contributed by atoms with van der Waals surface area (Å²) < 4.78 is 39.1. The van der Waals surface area contributed by atoms with Gasteiger partial charge < -0.3 is 5.11 Å². The van der Waals surface area contributed by atoms with Crippen LogP contribution in [0.4, 0.5) is 18.9 Å². The van der Waals surface area contributed by atoms with Crippen LogP contribution in [0.5, 0.6) is 0 Å². The van der Waals surface area contributed by atoms with Gasteiger partial charge in [0.2, 0.25) is 0 Å². The second-order valence-corrected chi connectivity index (χ2v) is 5.94.